The molecule has 1 rings (SSSR count). The Labute approximate surface area is 102 Å². The predicted molar refractivity (Wildman–Crippen MR) is 64.4 cm³/mol. The van der Waals surface area contributed by atoms with E-state index in [2.05, 4.69) is 10.6 Å². The molecule has 5 nitrogen and oxygen atoms in total. The van der Waals surface area contributed by atoms with Crippen molar-refractivity contribution in [3.63, 3.8) is 0 Å². The molecule has 0 unspecified atom stereocenters. The molecular weight excluding hydrogens is 220 g/mol. The van der Waals surface area contributed by atoms with Gasteiger partial charge in [-0.15, -0.1) is 0 Å². The van der Waals surface area contributed by atoms with Crippen LogP contribution in [0.1, 0.15) is 26.7 Å². The van der Waals surface area contributed by atoms with Gasteiger partial charge in [0.1, 0.15) is 6.04 Å². The molecule has 1 aliphatic heterocycles. The second kappa shape index (κ2) is 6.59. The first-order valence-electron chi connectivity index (χ1n) is 6.15. The fourth-order valence-electron chi connectivity index (χ4n) is 1.97. The summed E-state index contributed by atoms with van der Waals surface area (Å²) in [6.07, 6.45) is 1.88. The number of ether oxygens (including phenoxy) is 1. The number of hydrogen-bond donors (Lipinski definition) is 2. The number of amides is 1. The van der Waals surface area contributed by atoms with E-state index in [4.69, 9.17) is 4.74 Å². The summed E-state index contributed by atoms with van der Waals surface area (Å²) < 4.78 is 4.69. The third kappa shape index (κ3) is 4.00. The topological polar surface area (TPSA) is 67.4 Å². The minimum absolute atomic E-state index is 0.0305. The minimum atomic E-state index is -0.547. The van der Waals surface area contributed by atoms with Gasteiger partial charge in [-0.05, 0) is 25.3 Å². The van der Waals surface area contributed by atoms with Crippen molar-refractivity contribution < 1.29 is 14.3 Å². The van der Waals surface area contributed by atoms with Crippen molar-refractivity contribution in [2.75, 3.05) is 20.2 Å². The number of esters is 1. The Hall–Kier alpha value is -1.10. The Kier molecular flexibility index (Phi) is 5.41. The lowest BCUT2D eigenvalue weighted by Crippen LogP contribution is -2.49. The predicted octanol–water partition coefficient (Wildman–Crippen LogP) is 0.300. The number of nitrogens with one attached hydrogen (secondary N) is 2. The van der Waals surface area contributed by atoms with Gasteiger partial charge in [0, 0.05) is 6.54 Å². The van der Waals surface area contributed by atoms with Gasteiger partial charge in [0.05, 0.1) is 13.0 Å². The number of carbonyl (C=O) groups excluding carboxylic acids is 2. The maximum absolute atomic E-state index is 12.0. The van der Waals surface area contributed by atoms with E-state index in [9.17, 15) is 9.59 Å². The van der Waals surface area contributed by atoms with Crippen LogP contribution in [0.3, 0.4) is 0 Å². The number of carbonyl (C=O) groups is 2. The quantitative estimate of drug-likeness (QED) is 0.696. The van der Waals surface area contributed by atoms with Crippen LogP contribution >= 0.6 is 0 Å². The van der Waals surface area contributed by atoms with Crippen LogP contribution in [0.15, 0.2) is 0 Å². The Morgan fingerprint density at radius 2 is 2.12 bits per heavy atom. The summed E-state index contributed by atoms with van der Waals surface area (Å²) in [7, 11) is 1.34. The van der Waals surface area contributed by atoms with Crippen molar-refractivity contribution in [1.29, 1.82) is 0 Å². The van der Waals surface area contributed by atoms with Gasteiger partial charge in [-0.3, -0.25) is 4.79 Å². The molecule has 0 aromatic rings. The van der Waals surface area contributed by atoms with Gasteiger partial charge in [-0.1, -0.05) is 13.8 Å². The Balaban J connectivity index is 2.54. The first-order valence-corrected chi connectivity index (χ1v) is 6.15. The van der Waals surface area contributed by atoms with E-state index in [0.29, 0.717) is 6.54 Å². The summed E-state index contributed by atoms with van der Waals surface area (Å²) in [5.41, 5.74) is 0. The van der Waals surface area contributed by atoms with Gasteiger partial charge in [0.15, 0.2) is 0 Å². The Morgan fingerprint density at radius 1 is 1.41 bits per heavy atom. The minimum Gasteiger partial charge on any atom is -0.467 e. The highest BCUT2D eigenvalue weighted by Gasteiger charge is 2.28. The number of piperidine rings is 1. The largest absolute Gasteiger partial charge is 0.467 e. The lowest BCUT2D eigenvalue weighted by Gasteiger charge is -2.26. The summed E-state index contributed by atoms with van der Waals surface area (Å²) >= 11 is 0. The van der Waals surface area contributed by atoms with Gasteiger partial charge in [-0.2, -0.15) is 0 Å². The fraction of sp³-hybridized carbons (Fsp3) is 0.833. The number of methoxy groups -OCH3 is 1. The van der Waals surface area contributed by atoms with E-state index in [1.165, 1.54) is 7.11 Å². The molecule has 98 valence electrons. The Morgan fingerprint density at radius 3 is 2.59 bits per heavy atom. The normalized spacial score (nSPS) is 22.0. The van der Waals surface area contributed by atoms with Crippen molar-refractivity contribution in [2.45, 2.75) is 32.7 Å². The molecule has 0 bridgehead atoms. The molecule has 2 atom stereocenters. The molecule has 17 heavy (non-hydrogen) atoms. The third-order valence-corrected chi connectivity index (χ3v) is 3.09. The van der Waals surface area contributed by atoms with Crippen LogP contribution in [0.4, 0.5) is 0 Å². The van der Waals surface area contributed by atoms with Crippen molar-refractivity contribution in [3.05, 3.63) is 0 Å². The van der Waals surface area contributed by atoms with Crippen LogP contribution in [0, 0.1) is 11.8 Å². The molecule has 0 radical (unpaired) electrons. The highest BCUT2D eigenvalue weighted by Crippen LogP contribution is 2.12. The molecule has 1 heterocycles. The summed E-state index contributed by atoms with van der Waals surface area (Å²) in [6, 6.07) is -0.547. The summed E-state index contributed by atoms with van der Waals surface area (Å²) in [5, 5.41) is 5.97. The standard InChI is InChI=1S/C12H22N2O3/c1-8(2)10(12(16)17-3)14-11(15)9-5-4-6-13-7-9/h8-10,13H,4-7H2,1-3H3,(H,14,15)/t9-,10-/m0/s1. The third-order valence-electron chi connectivity index (χ3n) is 3.09. The van der Waals surface area contributed by atoms with E-state index < -0.39 is 6.04 Å². The van der Waals surface area contributed by atoms with E-state index in [1.54, 1.807) is 0 Å². The molecule has 0 aliphatic carbocycles. The van der Waals surface area contributed by atoms with E-state index >= 15 is 0 Å². The summed E-state index contributed by atoms with van der Waals surface area (Å²) in [4.78, 5) is 23.5. The second-order valence-electron chi connectivity index (χ2n) is 4.80. The molecule has 0 spiro atoms. The van der Waals surface area contributed by atoms with Crippen molar-refractivity contribution in [1.82, 2.24) is 10.6 Å². The SMILES string of the molecule is COC(=O)[C@@H](NC(=O)[C@H]1CCCNC1)C(C)C. The van der Waals surface area contributed by atoms with Crippen LogP contribution in [-0.2, 0) is 14.3 Å². The molecule has 1 amide bonds. The smallest absolute Gasteiger partial charge is 0.328 e. The van der Waals surface area contributed by atoms with Crippen molar-refractivity contribution in [2.24, 2.45) is 11.8 Å². The molecule has 0 aromatic carbocycles. The van der Waals surface area contributed by atoms with Crippen LogP contribution in [0.25, 0.3) is 0 Å². The first kappa shape index (κ1) is 14.0. The summed E-state index contributed by atoms with van der Waals surface area (Å²) in [6.45, 7) is 5.44. The second-order valence-corrected chi connectivity index (χ2v) is 4.80. The highest BCUT2D eigenvalue weighted by atomic mass is 16.5. The zero-order valence-electron chi connectivity index (χ0n) is 10.8. The zero-order chi connectivity index (χ0) is 12.8. The molecule has 5 heteroatoms. The average Bonchev–Trinajstić information content (AvgIpc) is 2.35. The lowest BCUT2D eigenvalue weighted by atomic mass is 9.97. The fourth-order valence-corrected chi connectivity index (χ4v) is 1.97. The highest BCUT2D eigenvalue weighted by molar-refractivity contribution is 5.86. The van der Waals surface area contributed by atoms with Gasteiger partial charge in [0.25, 0.3) is 0 Å². The van der Waals surface area contributed by atoms with Crippen LogP contribution in [-0.4, -0.2) is 38.1 Å². The van der Waals surface area contributed by atoms with Gasteiger partial charge < -0.3 is 15.4 Å². The van der Waals surface area contributed by atoms with Gasteiger partial charge in [0.2, 0.25) is 5.91 Å². The summed E-state index contributed by atoms with van der Waals surface area (Å²) in [5.74, 6) is -0.434. The molecule has 0 aromatic heterocycles. The van der Waals surface area contributed by atoms with E-state index in [-0.39, 0.29) is 23.7 Å². The van der Waals surface area contributed by atoms with Crippen molar-refractivity contribution >= 4 is 11.9 Å². The molecule has 1 saturated heterocycles. The monoisotopic (exact) mass is 242 g/mol. The van der Waals surface area contributed by atoms with Crippen molar-refractivity contribution in [3.8, 4) is 0 Å². The molecular formula is C12H22N2O3. The maximum atomic E-state index is 12.0. The first-order chi connectivity index (χ1) is 8.06. The maximum Gasteiger partial charge on any atom is 0.328 e. The van der Waals surface area contributed by atoms with Crippen LogP contribution < -0.4 is 10.6 Å². The average molecular weight is 242 g/mol. The van der Waals surface area contributed by atoms with E-state index in [0.717, 1.165) is 19.4 Å². The van der Waals surface area contributed by atoms with Crippen LogP contribution in [0.5, 0.6) is 0 Å². The molecule has 1 aliphatic rings. The molecule has 1 fully saturated rings. The van der Waals surface area contributed by atoms with Crippen LogP contribution in [0.2, 0.25) is 0 Å². The number of rotatable bonds is 4. The zero-order valence-corrected chi connectivity index (χ0v) is 10.8. The van der Waals surface area contributed by atoms with Gasteiger partial charge >= 0.3 is 5.97 Å². The number of hydrogen-bond acceptors (Lipinski definition) is 4. The van der Waals surface area contributed by atoms with E-state index in [1.807, 2.05) is 13.8 Å². The lowest BCUT2D eigenvalue weighted by molar-refractivity contribution is -0.147. The Bertz CT molecular complexity index is 273. The molecule has 0 saturated carbocycles. The van der Waals surface area contributed by atoms with Gasteiger partial charge in [-0.25, -0.2) is 4.79 Å². The molecule has 2 N–H and O–H groups in total.